The van der Waals surface area contributed by atoms with Gasteiger partial charge in [0, 0.05) is 23.4 Å². The van der Waals surface area contributed by atoms with E-state index in [2.05, 4.69) is 15.3 Å². The summed E-state index contributed by atoms with van der Waals surface area (Å²) in [6.07, 6.45) is 0.582. The average Bonchev–Trinajstić information content (AvgIpc) is 3.36. The highest BCUT2D eigenvalue weighted by Crippen LogP contribution is 2.29. The van der Waals surface area contributed by atoms with Crippen LogP contribution in [0, 0.1) is 0 Å². The smallest absolute Gasteiger partial charge is 0.255 e. The zero-order valence-corrected chi connectivity index (χ0v) is 18.4. The van der Waals surface area contributed by atoms with E-state index < -0.39 is 10.0 Å². The molecule has 1 saturated heterocycles. The molecule has 1 aliphatic rings. The van der Waals surface area contributed by atoms with Crippen LogP contribution >= 0.6 is 11.6 Å². The van der Waals surface area contributed by atoms with Gasteiger partial charge >= 0.3 is 0 Å². The molecule has 0 saturated carbocycles. The number of carbonyl (C=O) groups excluding carboxylic acids is 1. The number of H-pyrrole nitrogens is 1. The molecule has 0 aliphatic carbocycles. The monoisotopic (exact) mass is 466 g/mol. The summed E-state index contributed by atoms with van der Waals surface area (Å²) in [5.74, 6) is 0.450. The lowest BCUT2D eigenvalue weighted by Gasteiger charge is -2.17. The summed E-state index contributed by atoms with van der Waals surface area (Å²) in [6.45, 7) is 0.428. The van der Waals surface area contributed by atoms with Gasteiger partial charge in [-0.1, -0.05) is 29.8 Å². The van der Waals surface area contributed by atoms with Gasteiger partial charge in [-0.3, -0.25) is 9.10 Å². The van der Waals surface area contributed by atoms with Crippen LogP contribution in [0.1, 0.15) is 16.8 Å². The van der Waals surface area contributed by atoms with Gasteiger partial charge in [0.25, 0.3) is 5.91 Å². The standard InChI is InChI=1S/C23H19ClN4O3S/c24-19-8-2-1-7-18(19)22-26-20-10-9-16(14-21(20)27-22)25-23(29)15-5-3-6-17(13-15)28-11-4-12-32(28,30)31/h1-3,5-10,13-14H,4,11-12H2,(H,25,29)(H,26,27). The number of aromatic amines is 1. The van der Waals surface area contributed by atoms with Gasteiger partial charge in [-0.15, -0.1) is 0 Å². The molecule has 1 amide bonds. The lowest BCUT2D eigenvalue weighted by atomic mass is 10.1. The zero-order chi connectivity index (χ0) is 22.3. The van der Waals surface area contributed by atoms with Crippen molar-refractivity contribution in [3.8, 4) is 11.4 Å². The van der Waals surface area contributed by atoms with Crippen LogP contribution < -0.4 is 9.62 Å². The summed E-state index contributed by atoms with van der Waals surface area (Å²) in [5, 5.41) is 3.47. The minimum atomic E-state index is -3.31. The van der Waals surface area contributed by atoms with Crippen LogP contribution in [0.3, 0.4) is 0 Å². The molecule has 162 valence electrons. The summed E-state index contributed by atoms with van der Waals surface area (Å²) in [5.41, 5.74) is 3.78. The normalized spacial score (nSPS) is 15.2. The van der Waals surface area contributed by atoms with Crippen molar-refractivity contribution < 1.29 is 13.2 Å². The van der Waals surface area contributed by atoms with E-state index in [-0.39, 0.29) is 11.7 Å². The van der Waals surface area contributed by atoms with Crippen LogP contribution in [-0.2, 0) is 10.0 Å². The molecular formula is C23H19ClN4O3S. The Bertz CT molecular complexity index is 1450. The molecule has 0 spiro atoms. The molecule has 2 N–H and O–H groups in total. The number of halogens is 1. The number of rotatable bonds is 4. The predicted molar refractivity (Wildman–Crippen MR) is 127 cm³/mol. The van der Waals surface area contributed by atoms with Crippen molar-refractivity contribution in [3.63, 3.8) is 0 Å². The van der Waals surface area contributed by atoms with E-state index in [0.29, 0.717) is 40.8 Å². The Labute approximate surface area is 190 Å². The molecule has 32 heavy (non-hydrogen) atoms. The summed E-state index contributed by atoms with van der Waals surface area (Å²) in [6, 6.07) is 19.5. The third kappa shape index (κ3) is 3.83. The van der Waals surface area contributed by atoms with E-state index in [1.807, 2.05) is 24.3 Å². The van der Waals surface area contributed by atoms with Gasteiger partial charge in [-0.25, -0.2) is 13.4 Å². The highest BCUT2D eigenvalue weighted by Gasteiger charge is 2.28. The minimum absolute atomic E-state index is 0.129. The van der Waals surface area contributed by atoms with Crippen molar-refractivity contribution >= 4 is 49.9 Å². The average molecular weight is 467 g/mol. The van der Waals surface area contributed by atoms with Crippen LogP contribution in [0.4, 0.5) is 11.4 Å². The molecular weight excluding hydrogens is 448 g/mol. The number of nitrogens with one attached hydrogen (secondary N) is 2. The Morgan fingerprint density at radius 3 is 2.69 bits per heavy atom. The van der Waals surface area contributed by atoms with Crippen LogP contribution in [-0.4, -0.2) is 36.6 Å². The fourth-order valence-corrected chi connectivity index (χ4v) is 5.58. The fraction of sp³-hybridized carbons (Fsp3) is 0.130. The topological polar surface area (TPSA) is 95.2 Å². The maximum atomic E-state index is 12.8. The second kappa shape index (κ2) is 7.96. The van der Waals surface area contributed by atoms with Crippen molar-refractivity contribution in [1.29, 1.82) is 0 Å². The number of fused-ring (bicyclic) bond motifs is 1. The van der Waals surface area contributed by atoms with Crippen LogP contribution in [0.15, 0.2) is 66.7 Å². The molecule has 0 unspecified atom stereocenters. The summed E-state index contributed by atoms with van der Waals surface area (Å²) in [7, 11) is -3.31. The summed E-state index contributed by atoms with van der Waals surface area (Å²) < 4.78 is 25.7. The minimum Gasteiger partial charge on any atom is -0.338 e. The number of hydrogen-bond acceptors (Lipinski definition) is 4. The maximum absolute atomic E-state index is 12.8. The predicted octanol–water partition coefficient (Wildman–Crippen LogP) is 4.68. The molecule has 0 bridgehead atoms. The highest BCUT2D eigenvalue weighted by molar-refractivity contribution is 7.93. The zero-order valence-electron chi connectivity index (χ0n) is 16.9. The first-order valence-electron chi connectivity index (χ1n) is 10.1. The molecule has 0 atom stereocenters. The fourth-order valence-electron chi connectivity index (χ4n) is 3.80. The van der Waals surface area contributed by atoms with E-state index in [1.165, 1.54) is 4.31 Å². The molecule has 7 nitrogen and oxygen atoms in total. The summed E-state index contributed by atoms with van der Waals surface area (Å²) >= 11 is 6.27. The number of amides is 1. The first-order chi connectivity index (χ1) is 15.4. The Morgan fingerprint density at radius 1 is 1.06 bits per heavy atom. The van der Waals surface area contributed by atoms with Crippen LogP contribution in [0.5, 0.6) is 0 Å². The number of hydrogen-bond donors (Lipinski definition) is 2. The second-order valence-corrected chi connectivity index (χ2v) is 9.96. The van der Waals surface area contributed by atoms with Gasteiger partial charge in [0.15, 0.2) is 0 Å². The quantitative estimate of drug-likeness (QED) is 0.456. The van der Waals surface area contributed by atoms with Crippen molar-refractivity contribution in [2.45, 2.75) is 6.42 Å². The largest absolute Gasteiger partial charge is 0.338 e. The third-order valence-corrected chi connectivity index (χ3v) is 7.56. The number of imidazole rings is 1. The number of aromatic nitrogens is 2. The van der Waals surface area contributed by atoms with E-state index in [9.17, 15) is 13.2 Å². The highest BCUT2D eigenvalue weighted by atomic mass is 35.5. The Balaban J connectivity index is 1.39. The second-order valence-electron chi connectivity index (χ2n) is 7.54. The molecule has 1 fully saturated rings. The van der Waals surface area contributed by atoms with Gasteiger partial charge in [0.05, 0.1) is 27.5 Å². The van der Waals surface area contributed by atoms with Gasteiger partial charge in [0.2, 0.25) is 10.0 Å². The van der Waals surface area contributed by atoms with E-state index >= 15 is 0 Å². The Kier molecular flexibility index (Phi) is 5.11. The van der Waals surface area contributed by atoms with Crippen molar-refractivity contribution in [3.05, 3.63) is 77.3 Å². The van der Waals surface area contributed by atoms with Crippen molar-refractivity contribution in [2.24, 2.45) is 0 Å². The molecule has 0 radical (unpaired) electrons. The van der Waals surface area contributed by atoms with Gasteiger partial charge < -0.3 is 10.3 Å². The van der Waals surface area contributed by atoms with E-state index in [1.54, 1.807) is 42.5 Å². The summed E-state index contributed by atoms with van der Waals surface area (Å²) in [4.78, 5) is 20.6. The number of sulfonamides is 1. The van der Waals surface area contributed by atoms with Gasteiger partial charge in [-0.05, 0) is 55.0 Å². The van der Waals surface area contributed by atoms with Gasteiger partial charge in [-0.2, -0.15) is 0 Å². The van der Waals surface area contributed by atoms with Crippen molar-refractivity contribution in [2.75, 3.05) is 21.9 Å². The number of benzene rings is 3. The molecule has 4 aromatic rings. The van der Waals surface area contributed by atoms with Gasteiger partial charge in [0.1, 0.15) is 5.82 Å². The maximum Gasteiger partial charge on any atom is 0.255 e. The van der Waals surface area contributed by atoms with E-state index in [4.69, 9.17) is 11.6 Å². The number of nitrogens with zero attached hydrogens (tertiary/aromatic N) is 2. The lowest BCUT2D eigenvalue weighted by Crippen LogP contribution is -2.25. The third-order valence-electron chi connectivity index (χ3n) is 5.36. The first kappa shape index (κ1) is 20.5. The molecule has 1 aliphatic heterocycles. The molecule has 5 rings (SSSR count). The Morgan fingerprint density at radius 2 is 1.91 bits per heavy atom. The Hall–Kier alpha value is -3.36. The molecule has 2 heterocycles. The lowest BCUT2D eigenvalue weighted by molar-refractivity contribution is 0.102. The number of carbonyl (C=O) groups is 1. The molecule has 3 aromatic carbocycles. The first-order valence-corrected chi connectivity index (χ1v) is 12.1. The molecule has 1 aromatic heterocycles. The van der Waals surface area contributed by atoms with Crippen molar-refractivity contribution in [1.82, 2.24) is 9.97 Å². The van der Waals surface area contributed by atoms with Crippen LogP contribution in [0.2, 0.25) is 5.02 Å². The number of anilines is 2. The SMILES string of the molecule is O=C(Nc1ccc2nc(-c3ccccc3Cl)[nH]c2c1)c1cccc(N2CCCS2(=O)=O)c1. The molecule has 9 heteroatoms. The van der Waals surface area contributed by atoms with E-state index in [0.717, 1.165) is 16.6 Å². The van der Waals surface area contributed by atoms with Crippen LogP contribution in [0.25, 0.3) is 22.4 Å².